The van der Waals surface area contributed by atoms with Gasteiger partial charge < -0.3 is 5.11 Å². The molecule has 0 radical (unpaired) electrons. The highest BCUT2D eigenvalue weighted by Gasteiger charge is 2.33. The van der Waals surface area contributed by atoms with E-state index in [0.717, 1.165) is 4.90 Å². The molecule has 90 valence electrons. The molecular formula is C8H13ClF3NO2. The molecule has 0 aliphatic rings. The van der Waals surface area contributed by atoms with Crippen LogP contribution in [0.15, 0.2) is 0 Å². The molecule has 0 aromatic rings. The van der Waals surface area contributed by atoms with Crippen molar-refractivity contribution in [3.05, 3.63) is 0 Å². The minimum absolute atomic E-state index is 0.325. The lowest BCUT2D eigenvalue weighted by molar-refractivity contribution is -0.152. The Balaban J connectivity index is 4.35. The van der Waals surface area contributed by atoms with Crippen LogP contribution in [-0.4, -0.2) is 46.7 Å². The first-order chi connectivity index (χ1) is 6.63. The fourth-order valence-corrected chi connectivity index (χ4v) is 1.15. The summed E-state index contributed by atoms with van der Waals surface area (Å²) in [6.07, 6.45) is -4.35. The number of alkyl halides is 4. The number of halogens is 4. The summed E-state index contributed by atoms with van der Waals surface area (Å²) in [7, 11) is 0. The van der Waals surface area contributed by atoms with Crippen LogP contribution in [0.3, 0.4) is 0 Å². The van der Waals surface area contributed by atoms with E-state index in [1.54, 1.807) is 13.8 Å². The van der Waals surface area contributed by atoms with Crippen molar-refractivity contribution >= 4 is 17.6 Å². The molecule has 0 aliphatic heterocycles. The first-order valence-corrected chi connectivity index (χ1v) is 4.75. The Morgan fingerprint density at radius 1 is 1.47 bits per heavy atom. The normalized spacial score (nSPS) is 14.7. The summed E-state index contributed by atoms with van der Waals surface area (Å²) in [6.45, 7) is 1.63. The SMILES string of the molecule is CC(C)N(CC(Cl)C(=O)O)CC(F)(F)F. The van der Waals surface area contributed by atoms with Gasteiger partial charge in [0.15, 0.2) is 0 Å². The van der Waals surface area contributed by atoms with Gasteiger partial charge in [0.25, 0.3) is 0 Å². The second-order valence-electron chi connectivity index (χ2n) is 3.44. The van der Waals surface area contributed by atoms with Gasteiger partial charge in [0.2, 0.25) is 0 Å². The Morgan fingerprint density at radius 2 is 1.93 bits per heavy atom. The second kappa shape index (κ2) is 5.55. The van der Waals surface area contributed by atoms with E-state index in [-0.39, 0.29) is 6.54 Å². The van der Waals surface area contributed by atoms with Crippen molar-refractivity contribution in [2.75, 3.05) is 13.1 Å². The minimum Gasteiger partial charge on any atom is -0.480 e. The fraction of sp³-hybridized carbons (Fsp3) is 0.875. The van der Waals surface area contributed by atoms with E-state index in [1.165, 1.54) is 0 Å². The van der Waals surface area contributed by atoms with E-state index >= 15 is 0 Å². The monoisotopic (exact) mass is 247 g/mol. The average Bonchev–Trinajstić information content (AvgIpc) is 1.99. The third-order valence-electron chi connectivity index (χ3n) is 1.78. The van der Waals surface area contributed by atoms with Gasteiger partial charge in [0, 0.05) is 12.6 Å². The van der Waals surface area contributed by atoms with Gasteiger partial charge in [-0.25, -0.2) is 0 Å². The molecule has 0 spiro atoms. The first-order valence-electron chi connectivity index (χ1n) is 4.31. The number of carbonyl (C=O) groups is 1. The molecule has 1 unspecified atom stereocenters. The quantitative estimate of drug-likeness (QED) is 0.755. The van der Waals surface area contributed by atoms with Crippen LogP contribution in [0.4, 0.5) is 13.2 Å². The lowest BCUT2D eigenvalue weighted by atomic mass is 10.2. The number of rotatable bonds is 5. The van der Waals surface area contributed by atoms with Crippen molar-refractivity contribution in [1.29, 1.82) is 0 Å². The van der Waals surface area contributed by atoms with Crippen molar-refractivity contribution in [2.24, 2.45) is 0 Å². The fourth-order valence-electron chi connectivity index (χ4n) is 0.972. The first kappa shape index (κ1) is 14.5. The van der Waals surface area contributed by atoms with Crippen LogP contribution in [0.5, 0.6) is 0 Å². The van der Waals surface area contributed by atoms with Gasteiger partial charge in [0.1, 0.15) is 5.38 Å². The third kappa shape index (κ3) is 6.57. The standard InChI is InChI=1S/C8H13ClF3NO2/c1-5(2)13(4-8(10,11)12)3-6(9)7(14)15/h5-6H,3-4H2,1-2H3,(H,14,15). The molecule has 0 aliphatic carbocycles. The van der Waals surface area contributed by atoms with Crippen LogP contribution < -0.4 is 0 Å². The van der Waals surface area contributed by atoms with Gasteiger partial charge in [-0.05, 0) is 13.8 Å². The zero-order valence-electron chi connectivity index (χ0n) is 8.38. The summed E-state index contributed by atoms with van der Waals surface area (Å²) in [5, 5.41) is 7.15. The Bertz CT molecular complexity index is 220. The summed E-state index contributed by atoms with van der Waals surface area (Å²) < 4.78 is 36.3. The molecule has 0 rings (SSSR count). The maximum atomic E-state index is 12.1. The Morgan fingerprint density at radius 3 is 2.20 bits per heavy atom. The van der Waals surface area contributed by atoms with Crippen LogP contribution in [0.1, 0.15) is 13.8 Å². The van der Waals surface area contributed by atoms with Crippen LogP contribution in [-0.2, 0) is 4.79 Å². The van der Waals surface area contributed by atoms with E-state index in [4.69, 9.17) is 16.7 Å². The van der Waals surface area contributed by atoms with Gasteiger partial charge in [-0.15, -0.1) is 11.6 Å². The molecule has 1 atom stereocenters. The van der Waals surface area contributed by atoms with Crippen molar-refractivity contribution in [3.63, 3.8) is 0 Å². The van der Waals surface area contributed by atoms with E-state index in [1.807, 2.05) is 0 Å². The number of nitrogens with zero attached hydrogens (tertiary/aromatic N) is 1. The van der Waals surface area contributed by atoms with Gasteiger partial charge in [-0.3, -0.25) is 9.69 Å². The number of carboxylic acid groups (broad SMARTS) is 1. The lowest BCUT2D eigenvalue weighted by Crippen LogP contribution is -2.43. The van der Waals surface area contributed by atoms with Gasteiger partial charge in [-0.2, -0.15) is 13.2 Å². The molecule has 0 bridgehead atoms. The molecule has 1 N–H and O–H groups in total. The Hall–Kier alpha value is -0.490. The maximum Gasteiger partial charge on any atom is 0.401 e. The zero-order valence-corrected chi connectivity index (χ0v) is 9.14. The number of aliphatic carboxylic acids is 1. The summed E-state index contributed by atoms with van der Waals surface area (Å²) in [6, 6.07) is -0.410. The highest BCUT2D eigenvalue weighted by atomic mass is 35.5. The van der Waals surface area contributed by atoms with Crippen LogP contribution in [0.25, 0.3) is 0 Å². The molecule has 0 amide bonds. The van der Waals surface area contributed by atoms with E-state index < -0.39 is 30.1 Å². The third-order valence-corrected chi connectivity index (χ3v) is 2.10. The summed E-state index contributed by atoms with van der Waals surface area (Å²) in [5.74, 6) is -1.32. The predicted molar refractivity (Wildman–Crippen MR) is 50.0 cm³/mol. The molecule has 0 heterocycles. The Kier molecular flexibility index (Phi) is 5.37. The van der Waals surface area contributed by atoms with Gasteiger partial charge >= 0.3 is 12.1 Å². The number of carboxylic acids is 1. The van der Waals surface area contributed by atoms with E-state index in [0.29, 0.717) is 0 Å². The smallest absolute Gasteiger partial charge is 0.401 e. The molecule has 0 saturated carbocycles. The van der Waals surface area contributed by atoms with Crippen LogP contribution in [0, 0.1) is 0 Å². The van der Waals surface area contributed by atoms with Crippen molar-refractivity contribution in [1.82, 2.24) is 4.90 Å². The van der Waals surface area contributed by atoms with Crippen molar-refractivity contribution in [2.45, 2.75) is 31.4 Å². The summed E-state index contributed by atoms with van der Waals surface area (Å²) in [5.41, 5.74) is 0. The van der Waals surface area contributed by atoms with Gasteiger partial charge in [-0.1, -0.05) is 0 Å². The van der Waals surface area contributed by atoms with E-state index in [2.05, 4.69) is 0 Å². The second-order valence-corrected chi connectivity index (χ2v) is 3.97. The van der Waals surface area contributed by atoms with Crippen LogP contribution >= 0.6 is 11.6 Å². The highest BCUT2D eigenvalue weighted by Crippen LogP contribution is 2.18. The molecule has 0 saturated heterocycles. The largest absolute Gasteiger partial charge is 0.480 e. The molecule has 15 heavy (non-hydrogen) atoms. The maximum absolute atomic E-state index is 12.1. The minimum atomic E-state index is -4.35. The molecule has 0 fully saturated rings. The number of hydrogen-bond donors (Lipinski definition) is 1. The van der Waals surface area contributed by atoms with Crippen molar-refractivity contribution in [3.8, 4) is 0 Å². The molecule has 3 nitrogen and oxygen atoms in total. The van der Waals surface area contributed by atoms with Crippen LogP contribution in [0.2, 0.25) is 0 Å². The zero-order chi connectivity index (χ0) is 12.2. The number of hydrogen-bond acceptors (Lipinski definition) is 2. The molecule has 7 heteroatoms. The molecular weight excluding hydrogens is 235 g/mol. The van der Waals surface area contributed by atoms with Crippen molar-refractivity contribution < 1.29 is 23.1 Å². The summed E-state index contributed by atoms with van der Waals surface area (Å²) in [4.78, 5) is 11.4. The summed E-state index contributed by atoms with van der Waals surface area (Å²) >= 11 is 5.37. The highest BCUT2D eigenvalue weighted by molar-refractivity contribution is 6.29. The molecule has 0 aromatic carbocycles. The topological polar surface area (TPSA) is 40.5 Å². The lowest BCUT2D eigenvalue weighted by Gasteiger charge is -2.28. The average molecular weight is 248 g/mol. The van der Waals surface area contributed by atoms with Gasteiger partial charge in [0.05, 0.1) is 6.54 Å². The Labute approximate surface area is 90.8 Å². The van der Waals surface area contributed by atoms with E-state index in [9.17, 15) is 18.0 Å². The predicted octanol–water partition coefficient (Wildman–Crippen LogP) is 1.95. The molecule has 0 aromatic heterocycles.